The van der Waals surface area contributed by atoms with Crippen molar-refractivity contribution in [1.82, 2.24) is 5.32 Å². The molecule has 11 atom stereocenters. The predicted molar refractivity (Wildman–Crippen MR) is 236 cm³/mol. The Labute approximate surface area is 384 Å². The van der Waals surface area contributed by atoms with Gasteiger partial charge in [-0.15, -0.1) is 0 Å². The van der Waals surface area contributed by atoms with Gasteiger partial charge in [0, 0.05) is 25.2 Å². The second-order valence-electron chi connectivity index (χ2n) is 19.7. The Bertz CT molecular complexity index is 2400. The summed E-state index contributed by atoms with van der Waals surface area (Å²) in [5.41, 5.74) is -7.67. The maximum absolute atomic E-state index is 15.9. The number of rotatable bonds is 10. The maximum Gasteiger partial charge on any atom is 0.408 e. The van der Waals surface area contributed by atoms with Gasteiger partial charge in [0.2, 0.25) is 0 Å². The van der Waals surface area contributed by atoms with Crippen LogP contribution in [0.3, 0.4) is 0 Å². The first-order chi connectivity index (χ1) is 31.0. The molecule has 3 aromatic carbocycles. The van der Waals surface area contributed by atoms with E-state index in [1.807, 2.05) is 0 Å². The van der Waals surface area contributed by atoms with Crippen LogP contribution >= 0.6 is 0 Å². The molecule has 0 radical (unpaired) electrons. The number of fused-ring (bicyclic) bond motifs is 5. The van der Waals surface area contributed by atoms with Gasteiger partial charge in [-0.25, -0.2) is 14.4 Å². The minimum atomic E-state index is -2.36. The first-order valence-corrected chi connectivity index (χ1v) is 22.2. The van der Waals surface area contributed by atoms with E-state index in [-0.39, 0.29) is 35.3 Å². The number of aliphatic hydroxyl groups excluding tert-OH is 1. The Morgan fingerprint density at radius 1 is 0.833 bits per heavy atom. The van der Waals surface area contributed by atoms with Crippen molar-refractivity contribution in [2.45, 2.75) is 129 Å². The molecule has 0 spiro atoms. The number of nitrogens with one attached hydrogen (secondary N) is 1. The number of amides is 1. The lowest BCUT2D eigenvalue weighted by Gasteiger charge is -2.67. The van der Waals surface area contributed by atoms with Crippen molar-refractivity contribution in [3.8, 4) is 0 Å². The lowest BCUT2D eigenvalue weighted by molar-refractivity contribution is -0.345. The molecule has 7 rings (SSSR count). The zero-order valence-electron chi connectivity index (χ0n) is 38.7. The highest BCUT2D eigenvalue weighted by atomic mass is 16.6. The first kappa shape index (κ1) is 48.0. The summed E-state index contributed by atoms with van der Waals surface area (Å²) in [5.74, 6) is -6.88. The molecular formula is C51H59NO14. The number of esters is 4. The molecule has 2 bridgehead atoms. The van der Waals surface area contributed by atoms with Gasteiger partial charge in [-0.05, 0) is 82.5 Å². The highest BCUT2D eigenvalue weighted by Crippen LogP contribution is 2.64. The number of aliphatic hydroxyl groups is 2. The minimum absolute atomic E-state index is 0.0450. The number of Topliss-reactive ketones (excluding diaryl/α,β-unsaturated/α-hetero) is 1. The first-order valence-electron chi connectivity index (χ1n) is 22.2. The quantitative estimate of drug-likeness (QED) is 0.114. The van der Waals surface area contributed by atoms with Crippen molar-refractivity contribution < 1.29 is 67.4 Å². The van der Waals surface area contributed by atoms with Gasteiger partial charge in [-0.1, -0.05) is 80.6 Å². The van der Waals surface area contributed by atoms with Crippen LogP contribution in [0, 0.1) is 22.7 Å². The molecule has 0 aromatic heterocycles. The van der Waals surface area contributed by atoms with Crippen molar-refractivity contribution in [2.75, 3.05) is 6.61 Å². The third-order valence-corrected chi connectivity index (χ3v) is 14.1. The van der Waals surface area contributed by atoms with Crippen molar-refractivity contribution in [1.29, 1.82) is 0 Å². The monoisotopic (exact) mass is 909 g/mol. The largest absolute Gasteiger partial charge is 0.457 e. The minimum Gasteiger partial charge on any atom is -0.457 e. The van der Waals surface area contributed by atoms with Gasteiger partial charge in [0.05, 0.1) is 47.1 Å². The third kappa shape index (κ3) is 8.41. The van der Waals surface area contributed by atoms with Crippen molar-refractivity contribution in [3.05, 3.63) is 119 Å². The van der Waals surface area contributed by atoms with Gasteiger partial charge in [-0.2, -0.15) is 0 Å². The summed E-state index contributed by atoms with van der Waals surface area (Å²) in [4.78, 5) is 85.6. The second-order valence-corrected chi connectivity index (χ2v) is 19.7. The standard InChI is InChI=1S/C51H59NO14/c1-28-34(62-43(56)29(2)38(31-19-13-10-14-20-31)52-46(59)66-47(4,5)6)26-51(60)42(64-45(58)33-23-17-12-18-24-33)40-49(9,35(54)25-36-50(40,27-61-36)65-30(3)53)41(55)39(37(28)48(51,7)8)63-44(57)32-21-15-11-16-22-32/h10-24,29,34-36,38-40,42,54,60H,25-27H2,1-9H3,(H,52,59)/t29-,34+,35+,36-,38-,39-,40?,42+,49-,50+,51-/m1/s1. The van der Waals surface area contributed by atoms with Gasteiger partial charge in [0.15, 0.2) is 17.5 Å². The SMILES string of the molecule is CC(=O)O[C@@]12CO[C@@H]1C[C@H](O)[C@@]1(C)C(=O)[C@H](OC(=O)c3ccccc3)C3=C(C)[C@@H](OC(=O)[C@H](C)[C@@H](NC(=O)OC(C)(C)C)c4ccccc4)C[C@@](O)([C@@H](OC(=O)c4ccccc4)C12)C3(C)C. The average Bonchev–Trinajstić information content (AvgIpc) is 3.26. The fourth-order valence-electron chi connectivity index (χ4n) is 10.6. The number of hydrogen-bond donors (Lipinski definition) is 3. The maximum atomic E-state index is 15.9. The van der Waals surface area contributed by atoms with Crippen LogP contribution in [-0.4, -0.2) is 99.9 Å². The molecule has 66 heavy (non-hydrogen) atoms. The number of benzene rings is 3. The van der Waals surface area contributed by atoms with Crippen LogP contribution in [0.25, 0.3) is 0 Å². The summed E-state index contributed by atoms with van der Waals surface area (Å²) < 4.78 is 36.8. The molecule has 1 unspecified atom stereocenters. The molecule has 4 aliphatic rings. The summed E-state index contributed by atoms with van der Waals surface area (Å²) in [6, 6.07) is 23.7. The number of ether oxygens (including phenoxy) is 6. The Kier molecular flexibility index (Phi) is 12.9. The van der Waals surface area contributed by atoms with Crippen molar-refractivity contribution in [3.63, 3.8) is 0 Å². The Morgan fingerprint density at radius 3 is 1.89 bits per heavy atom. The highest BCUT2D eigenvalue weighted by Gasteiger charge is 2.78. The molecule has 3 N–H and O–H groups in total. The van der Waals surface area contributed by atoms with Crippen molar-refractivity contribution in [2.24, 2.45) is 22.7 Å². The number of hydrogen-bond acceptors (Lipinski definition) is 14. The van der Waals surface area contributed by atoms with Gasteiger partial charge in [-0.3, -0.25) is 14.4 Å². The van der Waals surface area contributed by atoms with E-state index in [0.717, 1.165) is 0 Å². The van der Waals surface area contributed by atoms with Gasteiger partial charge in [0.1, 0.15) is 29.5 Å². The highest BCUT2D eigenvalue weighted by molar-refractivity contribution is 5.98. The molecule has 1 heterocycles. The molecular weight excluding hydrogens is 851 g/mol. The van der Waals surface area contributed by atoms with E-state index in [9.17, 15) is 34.2 Å². The fourth-order valence-corrected chi connectivity index (χ4v) is 10.6. The van der Waals surface area contributed by atoms with Crippen LogP contribution in [0.2, 0.25) is 0 Å². The summed E-state index contributed by atoms with van der Waals surface area (Å²) in [6.45, 7) is 13.8. The van der Waals surface area contributed by atoms with Crippen LogP contribution in [-0.2, 0) is 42.8 Å². The molecule has 1 saturated heterocycles. The molecule has 1 amide bonds. The van der Waals surface area contributed by atoms with E-state index < -0.39 is 118 Å². The van der Waals surface area contributed by atoms with E-state index >= 15 is 4.79 Å². The molecule has 2 saturated carbocycles. The topological polar surface area (TPSA) is 210 Å². The second kappa shape index (κ2) is 17.7. The Hall–Kier alpha value is -5.90. The van der Waals surface area contributed by atoms with Crippen LogP contribution in [0.15, 0.2) is 102 Å². The number of ketones is 1. The number of alkyl carbamates (subject to hydrolysis) is 1. The van der Waals surface area contributed by atoms with E-state index in [1.54, 1.807) is 115 Å². The van der Waals surface area contributed by atoms with Crippen molar-refractivity contribution >= 4 is 35.8 Å². The molecule has 1 aliphatic heterocycles. The lowest BCUT2D eigenvalue weighted by atomic mass is 9.44. The summed E-state index contributed by atoms with van der Waals surface area (Å²) in [6.07, 6.45) is -9.07. The van der Waals surface area contributed by atoms with Crippen LogP contribution in [0.4, 0.5) is 4.79 Å². The van der Waals surface area contributed by atoms with Gasteiger partial charge >= 0.3 is 30.0 Å². The Morgan fingerprint density at radius 2 is 1.38 bits per heavy atom. The summed E-state index contributed by atoms with van der Waals surface area (Å²) in [5, 5.41) is 29.0. The van der Waals surface area contributed by atoms with Crippen LogP contribution < -0.4 is 5.32 Å². The van der Waals surface area contributed by atoms with Gasteiger partial charge < -0.3 is 44.0 Å². The zero-order chi connectivity index (χ0) is 48.1. The smallest absolute Gasteiger partial charge is 0.408 e. The zero-order valence-corrected chi connectivity index (χ0v) is 38.7. The number of carbonyl (C=O) groups excluding carboxylic acids is 6. The van der Waals surface area contributed by atoms with E-state index in [0.29, 0.717) is 5.56 Å². The summed E-state index contributed by atoms with van der Waals surface area (Å²) >= 11 is 0. The average molecular weight is 910 g/mol. The molecule has 352 valence electrons. The molecule has 3 aliphatic carbocycles. The van der Waals surface area contributed by atoms with E-state index in [1.165, 1.54) is 38.1 Å². The molecule has 3 aromatic rings. The normalized spacial score (nSPS) is 30.9. The third-order valence-electron chi connectivity index (χ3n) is 14.1. The molecule has 3 fully saturated rings. The number of carbonyl (C=O) groups is 6. The molecule has 15 nitrogen and oxygen atoms in total. The van der Waals surface area contributed by atoms with Crippen LogP contribution in [0.5, 0.6) is 0 Å². The van der Waals surface area contributed by atoms with Crippen LogP contribution in [0.1, 0.15) is 107 Å². The predicted octanol–water partition coefficient (Wildman–Crippen LogP) is 6.40. The Balaban J connectivity index is 1.42. The van der Waals surface area contributed by atoms with E-state index in [4.69, 9.17) is 28.4 Å². The van der Waals surface area contributed by atoms with E-state index in [2.05, 4.69) is 5.32 Å². The molecule has 15 heteroatoms. The fraction of sp³-hybridized carbons (Fsp3) is 0.490. The summed E-state index contributed by atoms with van der Waals surface area (Å²) in [7, 11) is 0. The lowest BCUT2D eigenvalue weighted by Crippen LogP contribution is -2.82. The van der Waals surface area contributed by atoms with Gasteiger partial charge in [0.25, 0.3) is 0 Å².